The lowest BCUT2D eigenvalue weighted by molar-refractivity contribution is 0.176. The Morgan fingerprint density at radius 3 is 2.65 bits per heavy atom. The molecule has 0 aromatic heterocycles. The summed E-state index contributed by atoms with van der Waals surface area (Å²) in [7, 11) is -1.15. The molecule has 1 heterocycles. The summed E-state index contributed by atoms with van der Waals surface area (Å²) in [6.45, 7) is 2.77. The first-order chi connectivity index (χ1) is 10.9. The molecule has 0 amide bonds. The minimum absolute atomic E-state index is 0.263. The van der Waals surface area contributed by atoms with Crippen LogP contribution < -0.4 is 4.74 Å². The summed E-state index contributed by atoms with van der Waals surface area (Å²) in [5.74, 6) is 1.56. The summed E-state index contributed by atoms with van der Waals surface area (Å²) < 4.78 is 28.7. The molecule has 0 radical (unpaired) electrons. The number of sulfone groups is 1. The highest BCUT2D eigenvalue weighted by Gasteiger charge is 2.24. The zero-order chi connectivity index (χ0) is 16.4. The second-order valence-electron chi connectivity index (χ2n) is 7.12. The summed E-state index contributed by atoms with van der Waals surface area (Å²) in [5, 5.41) is 0. The number of methoxy groups -OCH3 is 1. The molecule has 4 nitrogen and oxygen atoms in total. The van der Waals surface area contributed by atoms with Crippen molar-refractivity contribution in [2.75, 3.05) is 32.2 Å². The summed E-state index contributed by atoms with van der Waals surface area (Å²) in [6, 6.07) is 4.51. The van der Waals surface area contributed by atoms with E-state index in [1.807, 2.05) is 0 Å². The van der Waals surface area contributed by atoms with Crippen molar-refractivity contribution in [2.45, 2.75) is 38.6 Å². The molecular formula is C18H27NO3S. The monoisotopic (exact) mass is 337 g/mol. The van der Waals surface area contributed by atoms with Gasteiger partial charge in [-0.2, -0.15) is 0 Å². The van der Waals surface area contributed by atoms with E-state index in [9.17, 15) is 8.42 Å². The predicted octanol–water partition coefficient (Wildman–Crippen LogP) is 2.44. The van der Waals surface area contributed by atoms with Gasteiger partial charge in [0, 0.05) is 24.9 Å². The minimum atomic E-state index is -2.89. The lowest BCUT2D eigenvalue weighted by Crippen LogP contribution is -2.37. The molecule has 1 saturated heterocycles. The topological polar surface area (TPSA) is 46.6 Å². The highest BCUT2D eigenvalue weighted by atomic mass is 32.2. The normalized spacial score (nSPS) is 22.1. The average molecular weight is 337 g/mol. The van der Waals surface area contributed by atoms with Crippen molar-refractivity contribution in [1.82, 2.24) is 4.90 Å². The Morgan fingerprint density at radius 2 is 1.96 bits per heavy atom. The van der Waals surface area contributed by atoms with E-state index in [0.29, 0.717) is 5.75 Å². The van der Waals surface area contributed by atoms with Crippen LogP contribution >= 0.6 is 0 Å². The maximum atomic E-state index is 11.6. The number of hydrogen-bond acceptors (Lipinski definition) is 4. The number of hydrogen-bond donors (Lipinski definition) is 0. The van der Waals surface area contributed by atoms with Gasteiger partial charge in [-0.3, -0.25) is 4.90 Å². The molecule has 0 N–H and O–H groups in total. The van der Waals surface area contributed by atoms with Crippen molar-refractivity contribution in [3.8, 4) is 5.75 Å². The summed E-state index contributed by atoms with van der Waals surface area (Å²) >= 11 is 0. The zero-order valence-corrected chi connectivity index (χ0v) is 15.0. The Labute approximate surface area is 139 Å². The largest absolute Gasteiger partial charge is 0.496 e. The van der Waals surface area contributed by atoms with Gasteiger partial charge >= 0.3 is 0 Å². The van der Waals surface area contributed by atoms with Crippen LogP contribution in [0.4, 0.5) is 0 Å². The van der Waals surface area contributed by atoms with Gasteiger partial charge in [-0.15, -0.1) is 0 Å². The van der Waals surface area contributed by atoms with E-state index in [2.05, 4.69) is 17.0 Å². The molecule has 1 aromatic carbocycles. The Hall–Kier alpha value is -1.07. The molecule has 5 heteroatoms. The van der Waals surface area contributed by atoms with E-state index in [-0.39, 0.29) is 5.92 Å². The maximum absolute atomic E-state index is 11.6. The third-order valence-corrected chi connectivity index (χ3v) is 6.11. The van der Waals surface area contributed by atoms with Crippen LogP contribution in [0.2, 0.25) is 0 Å². The van der Waals surface area contributed by atoms with E-state index >= 15 is 0 Å². The van der Waals surface area contributed by atoms with Gasteiger partial charge in [0.25, 0.3) is 0 Å². The first kappa shape index (κ1) is 16.8. The number of aryl methyl sites for hydroxylation is 2. The fraction of sp³-hybridized carbons (Fsp3) is 0.667. The molecule has 2 aliphatic rings. The molecule has 1 atom stereocenters. The number of nitrogens with zero attached hydrogens (tertiary/aromatic N) is 1. The smallest absolute Gasteiger partial charge is 0.147 e. The van der Waals surface area contributed by atoms with Gasteiger partial charge in [-0.25, -0.2) is 8.42 Å². The number of piperidine rings is 1. The molecule has 0 bridgehead atoms. The highest BCUT2D eigenvalue weighted by Crippen LogP contribution is 2.31. The fourth-order valence-electron chi connectivity index (χ4n) is 4.07. The third kappa shape index (κ3) is 4.27. The molecule has 128 valence electrons. The van der Waals surface area contributed by atoms with Gasteiger partial charge < -0.3 is 4.74 Å². The number of fused-ring (bicyclic) bond motifs is 1. The van der Waals surface area contributed by atoms with Gasteiger partial charge in [0.15, 0.2) is 0 Å². The maximum Gasteiger partial charge on any atom is 0.147 e. The molecule has 0 unspecified atom stereocenters. The Kier molecular flexibility index (Phi) is 4.97. The first-order valence-electron chi connectivity index (χ1n) is 8.53. The molecular weight excluding hydrogens is 310 g/mol. The lowest BCUT2D eigenvalue weighted by atomic mass is 9.98. The third-order valence-electron chi connectivity index (χ3n) is 5.03. The van der Waals surface area contributed by atoms with E-state index in [1.54, 1.807) is 7.11 Å². The highest BCUT2D eigenvalue weighted by molar-refractivity contribution is 7.90. The Bertz CT molecular complexity index is 669. The molecule has 3 rings (SSSR count). The van der Waals surface area contributed by atoms with Crippen LogP contribution in [0, 0.1) is 5.92 Å². The van der Waals surface area contributed by atoms with Gasteiger partial charge in [-0.05, 0) is 61.8 Å². The van der Waals surface area contributed by atoms with Crippen molar-refractivity contribution in [3.63, 3.8) is 0 Å². The zero-order valence-electron chi connectivity index (χ0n) is 14.2. The first-order valence-corrected chi connectivity index (χ1v) is 10.6. The van der Waals surface area contributed by atoms with Crippen LogP contribution in [0.5, 0.6) is 5.75 Å². The van der Waals surface area contributed by atoms with Crippen molar-refractivity contribution < 1.29 is 13.2 Å². The molecule has 23 heavy (non-hydrogen) atoms. The van der Waals surface area contributed by atoms with Crippen molar-refractivity contribution >= 4 is 9.84 Å². The number of rotatable bonds is 5. The Morgan fingerprint density at radius 1 is 1.22 bits per heavy atom. The molecule has 1 fully saturated rings. The molecule has 0 saturated carbocycles. The molecule has 0 spiro atoms. The minimum Gasteiger partial charge on any atom is -0.496 e. The van der Waals surface area contributed by atoms with Crippen LogP contribution in [-0.4, -0.2) is 45.5 Å². The molecule has 1 aromatic rings. The van der Waals surface area contributed by atoms with Gasteiger partial charge in [0.2, 0.25) is 0 Å². The van der Waals surface area contributed by atoms with E-state index in [0.717, 1.165) is 44.6 Å². The summed E-state index contributed by atoms with van der Waals surface area (Å²) in [4.78, 5) is 2.39. The van der Waals surface area contributed by atoms with Gasteiger partial charge in [0.1, 0.15) is 15.6 Å². The average Bonchev–Trinajstić information content (AvgIpc) is 2.92. The van der Waals surface area contributed by atoms with Crippen LogP contribution in [0.3, 0.4) is 0 Å². The molecule has 1 aliphatic heterocycles. The van der Waals surface area contributed by atoms with Gasteiger partial charge in [0.05, 0.1) is 12.9 Å². The van der Waals surface area contributed by atoms with Crippen LogP contribution in [0.1, 0.15) is 36.0 Å². The van der Waals surface area contributed by atoms with Crippen molar-refractivity contribution in [2.24, 2.45) is 5.92 Å². The second-order valence-corrected chi connectivity index (χ2v) is 9.31. The number of benzene rings is 1. The second kappa shape index (κ2) is 6.81. The van der Waals surface area contributed by atoms with E-state index in [1.165, 1.54) is 35.8 Å². The predicted molar refractivity (Wildman–Crippen MR) is 92.7 cm³/mol. The van der Waals surface area contributed by atoms with Crippen LogP contribution in [0.25, 0.3) is 0 Å². The van der Waals surface area contributed by atoms with Crippen molar-refractivity contribution in [3.05, 3.63) is 28.8 Å². The standard InChI is InChI=1S/C18H27NO3S/c1-22-18-10-16-7-3-6-15(16)9-17(18)12-19-8-4-5-14(11-19)13-23(2,20)21/h9-10,14H,3-8,11-13H2,1-2H3/t14-/m0/s1. The van der Waals surface area contributed by atoms with Crippen LogP contribution in [0.15, 0.2) is 12.1 Å². The lowest BCUT2D eigenvalue weighted by Gasteiger charge is -2.32. The summed E-state index contributed by atoms with van der Waals surface area (Å²) in [6.07, 6.45) is 7.01. The number of ether oxygens (including phenoxy) is 1. The van der Waals surface area contributed by atoms with Crippen molar-refractivity contribution in [1.29, 1.82) is 0 Å². The number of likely N-dealkylation sites (tertiary alicyclic amines) is 1. The van der Waals surface area contributed by atoms with E-state index < -0.39 is 9.84 Å². The van der Waals surface area contributed by atoms with E-state index in [4.69, 9.17) is 4.74 Å². The molecule has 1 aliphatic carbocycles. The summed E-state index contributed by atoms with van der Waals surface area (Å²) in [5.41, 5.74) is 4.14. The Balaban J connectivity index is 1.71. The quantitative estimate of drug-likeness (QED) is 0.828. The fourth-order valence-corrected chi connectivity index (χ4v) is 5.19. The SMILES string of the molecule is COc1cc2c(cc1CN1CCC[C@H](CS(C)(=O)=O)C1)CCC2. The van der Waals surface area contributed by atoms with Crippen LogP contribution in [-0.2, 0) is 29.2 Å². The van der Waals surface area contributed by atoms with Gasteiger partial charge in [-0.1, -0.05) is 6.07 Å².